The number of hydrogen-bond donors (Lipinski definition) is 1. The Bertz CT molecular complexity index is 1250. The van der Waals surface area contributed by atoms with Crippen molar-refractivity contribution in [3.8, 4) is 131 Å². The summed E-state index contributed by atoms with van der Waals surface area (Å²) >= 11 is 0. The zero-order valence-electron chi connectivity index (χ0n) is 16.2. The van der Waals surface area contributed by atoms with E-state index in [1.807, 2.05) is 6.92 Å². The predicted molar refractivity (Wildman–Crippen MR) is 117 cm³/mol. The Morgan fingerprint density at radius 3 is 1.07 bits per heavy atom. The Kier molecular flexibility index (Phi) is 22.2. The zero-order chi connectivity index (χ0) is 21.8. The number of hydrogen-bond acceptors (Lipinski definition) is 1. The van der Waals surface area contributed by atoms with Gasteiger partial charge in [-0.2, -0.15) is 0 Å². The van der Waals surface area contributed by atoms with Crippen molar-refractivity contribution in [2.45, 2.75) is 20.8 Å². The summed E-state index contributed by atoms with van der Waals surface area (Å²) in [7, 11) is 0. The molecule has 0 aliphatic rings. The van der Waals surface area contributed by atoms with Crippen LogP contribution in [0.1, 0.15) is 20.8 Å². The fourth-order valence-corrected chi connectivity index (χ4v) is 0.879. The fourth-order valence-electron chi connectivity index (χ4n) is 0.879. The number of carbonyl (C=O) groups excluding carboxylic acids is 1. The average molecular weight is 367 g/mol. The van der Waals surface area contributed by atoms with Crippen LogP contribution in [-0.2, 0) is 4.79 Å². The fraction of sp³-hybridized carbons (Fsp3) is 0.148. The molecule has 0 atom stereocenters. The minimum absolute atomic E-state index is 0.0394. The van der Waals surface area contributed by atoms with Crippen LogP contribution in [0.2, 0.25) is 0 Å². The third-order valence-corrected chi connectivity index (χ3v) is 1.75. The molecule has 1 amide bonds. The molecule has 0 bridgehead atoms. The molecule has 0 aliphatic carbocycles. The van der Waals surface area contributed by atoms with Crippen LogP contribution < -0.4 is 5.32 Å². The van der Waals surface area contributed by atoms with E-state index in [1.165, 1.54) is 6.92 Å². The van der Waals surface area contributed by atoms with Crippen LogP contribution in [0.25, 0.3) is 0 Å². The quantitative estimate of drug-likeness (QED) is 0.683. The Labute approximate surface area is 174 Å². The second-order valence-corrected chi connectivity index (χ2v) is 3.86. The second-order valence-electron chi connectivity index (χ2n) is 3.86. The maximum atomic E-state index is 9.93. The van der Waals surface area contributed by atoms with E-state index in [0.717, 1.165) is 6.54 Å². The van der Waals surface area contributed by atoms with Crippen LogP contribution in [0.15, 0.2) is 0 Å². The van der Waals surface area contributed by atoms with Gasteiger partial charge in [0.25, 0.3) is 0 Å². The zero-order valence-corrected chi connectivity index (χ0v) is 16.2. The van der Waals surface area contributed by atoms with Crippen molar-refractivity contribution in [1.82, 2.24) is 5.32 Å². The summed E-state index contributed by atoms with van der Waals surface area (Å²) in [6.45, 7) is 5.82. The molecule has 0 fully saturated rings. The van der Waals surface area contributed by atoms with Crippen LogP contribution in [0, 0.1) is 131 Å². The molecular weight excluding hydrogens is 354 g/mol. The van der Waals surface area contributed by atoms with E-state index in [1.54, 1.807) is 6.92 Å². The van der Waals surface area contributed by atoms with Gasteiger partial charge in [-0.05, 0) is 109 Å². The smallest absolute Gasteiger partial charge is 0.216 e. The molecule has 0 spiro atoms. The molecule has 0 unspecified atom stereocenters. The highest BCUT2D eigenvalue weighted by molar-refractivity contribution is 5.72. The monoisotopic (exact) mass is 367 g/mol. The van der Waals surface area contributed by atoms with Crippen LogP contribution in [-0.4, -0.2) is 12.5 Å². The van der Waals surface area contributed by atoms with Gasteiger partial charge in [-0.25, -0.2) is 0 Å². The number of amides is 1. The summed E-state index contributed by atoms with van der Waals surface area (Å²) in [6.07, 6.45) is 4.90. The van der Waals surface area contributed by atoms with Gasteiger partial charge in [-0.3, -0.25) is 4.79 Å². The average Bonchev–Trinajstić information content (AvgIpc) is 2.70. The molecular formula is C27H13NO. The first-order chi connectivity index (χ1) is 14.2. The van der Waals surface area contributed by atoms with E-state index in [4.69, 9.17) is 6.42 Å². The van der Waals surface area contributed by atoms with Crippen LogP contribution in [0.3, 0.4) is 0 Å². The summed E-state index contributed by atoms with van der Waals surface area (Å²) in [5, 5.41) is 2.57. The molecule has 0 rings (SSSR count). The lowest BCUT2D eigenvalue weighted by molar-refractivity contribution is -0.118. The van der Waals surface area contributed by atoms with Gasteiger partial charge in [0, 0.05) is 37.2 Å². The number of carbonyl (C=O) groups is 1. The Balaban J connectivity index is 0. The summed E-state index contributed by atoms with van der Waals surface area (Å²) in [5.74, 6) is 51.9. The predicted octanol–water partition coefficient (Wildman–Crippen LogP) is 0.816. The summed E-state index contributed by atoms with van der Waals surface area (Å²) in [4.78, 5) is 9.93. The minimum atomic E-state index is 0.0394. The second kappa shape index (κ2) is 24.9. The van der Waals surface area contributed by atoms with Gasteiger partial charge in [-0.1, -0.05) is 5.92 Å². The molecule has 2 heteroatoms. The van der Waals surface area contributed by atoms with E-state index in [9.17, 15) is 4.79 Å². The number of rotatable bonds is 1. The van der Waals surface area contributed by atoms with Crippen molar-refractivity contribution < 1.29 is 4.79 Å². The van der Waals surface area contributed by atoms with Crippen molar-refractivity contribution in [3.63, 3.8) is 0 Å². The van der Waals surface area contributed by atoms with E-state index >= 15 is 0 Å². The molecule has 132 valence electrons. The maximum absolute atomic E-state index is 9.93. The lowest BCUT2D eigenvalue weighted by Crippen LogP contribution is -2.18. The molecule has 0 saturated carbocycles. The summed E-state index contributed by atoms with van der Waals surface area (Å²) in [6, 6.07) is 0. The van der Waals surface area contributed by atoms with Crippen molar-refractivity contribution in [2.75, 3.05) is 6.54 Å². The molecule has 0 radical (unpaired) electrons. The molecule has 2 nitrogen and oxygen atoms in total. The molecule has 29 heavy (non-hydrogen) atoms. The third kappa shape index (κ3) is 31.0. The number of terminal acetylenes is 1. The minimum Gasteiger partial charge on any atom is -0.357 e. The van der Waals surface area contributed by atoms with Crippen LogP contribution in [0.4, 0.5) is 0 Å². The van der Waals surface area contributed by atoms with Crippen molar-refractivity contribution in [3.05, 3.63) is 0 Å². The van der Waals surface area contributed by atoms with Gasteiger partial charge in [0.05, 0.1) is 0 Å². The highest BCUT2D eigenvalue weighted by Gasteiger charge is 1.79. The maximum Gasteiger partial charge on any atom is 0.216 e. The topological polar surface area (TPSA) is 29.1 Å². The summed E-state index contributed by atoms with van der Waals surface area (Å²) < 4.78 is 0. The lowest BCUT2D eigenvalue weighted by atomic mass is 10.4. The van der Waals surface area contributed by atoms with Gasteiger partial charge < -0.3 is 5.32 Å². The van der Waals surface area contributed by atoms with Gasteiger partial charge in [-0.15, -0.1) is 6.42 Å². The van der Waals surface area contributed by atoms with Gasteiger partial charge in [0.1, 0.15) is 0 Å². The lowest BCUT2D eigenvalue weighted by Gasteiger charge is -1.88. The molecule has 0 heterocycles. The Morgan fingerprint density at radius 1 is 0.621 bits per heavy atom. The van der Waals surface area contributed by atoms with E-state index in [0.29, 0.717) is 0 Å². The number of nitrogens with one attached hydrogen (secondary N) is 1. The Hall–Kier alpha value is -5.37. The molecule has 0 aromatic heterocycles. The molecule has 1 N–H and O–H groups in total. The first-order valence-electron chi connectivity index (χ1n) is 7.80. The molecule has 0 aromatic carbocycles. The highest BCUT2D eigenvalue weighted by Crippen LogP contribution is 1.59. The van der Waals surface area contributed by atoms with Gasteiger partial charge in [0.15, 0.2) is 0 Å². The van der Waals surface area contributed by atoms with Gasteiger partial charge >= 0.3 is 0 Å². The summed E-state index contributed by atoms with van der Waals surface area (Å²) in [5.41, 5.74) is 0. The van der Waals surface area contributed by atoms with Crippen LogP contribution in [0.5, 0.6) is 0 Å². The molecule has 0 aromatic rings. The van der Waals surface area contributed by atoms with E-state index in [2.05, 4.69) is 130 Å². The Morgan fingerprint density at radius 2 is 0.897 bits per heavy atom. The van der Waals surface area contributed by atoms with Crippen molar-refractivity contribution in [2.24, 2.45) is 0 Å². The third-order valence-electron chi connectivity index (χ3n) is 1.75. The molecule has 0 saturated heterocycles. The SMILES string of the molecule is C#CC#CC#CC#CC#CC#CC#CC#CC#CC#CC#CC.CCNC(C)=O. The van der Waals surface area contributed by atoms with Gasteiger partial charge in [0.2, 0.25) is 5.91 Å². The van der Waals surface area contributed by atoms with E-state index in [-0.39, 0.29) is 5.91 Å². The highest BCUT2D eigenvalue weighted by atomic mass is 16.1. The first kappa shape index (κ1) is 25.9. The first-order valence-corrected chi connectivity index (χ1v) is 7.80. The normalized spacial score (nSPS) is 4.62. The largest absolute Gasteiger partial charge is 0.357 e. The van der Waals surface area contributed by atoms with Crippen LogP contribution >= 0.6 is 0 Å². The van der Waals surface area contributed by atoms with E-state index < -0.39 is 0 Å². The standard InChI is InChI=1S/C23H4.C4H9NO/c1-3-5-7-9-11-13-15-17-19-21-23-22-20-18-16-14-12-10-8-6-4-2;1-3-5-4(2)6/h1H,2H3;3H2,1-2H3,(H,5,6). The van der Waals surface area contributed by atoms with Crippen molar-refractivity contribution in [1.29, 1.82) is 0 Å². The van der Waals surface area contributed by atoms with Crippen molar-refractivity contribution >= 4 is 5.91 Å². The molecule has 0 aliphatic heterocycles.